The van der Waals surface area contributed by atoms with Gasteiger partial charge in [0.15, 0.2) is 0 Å². The van der Waals surface area contributed by atoms with E-state index in [0.29, 0.717) is 23.4 Å². The minimum atomic E-state index is -4.70. The van der Waals surface area contributed by atoms with Crippen LogP contribution in [0.1, 0.15) is 29.9 Å². The Balaban J connectivity index is 1.48. The molecular formula is C21H17ClF3N3O3. The average molecular weight is 452 g/mol. The predicted octanol–water partition coefficient (Wildman–Crippen LogP) is 5.03. The maximum Gasteiger partial charge on any atom is 0.471 e. The maximum absolute atomic E-state index is 13.2. The number of nitrogens with zero attached hydrogens (tertiary/aromatic N) is 3. The van der Waals surface area contributed by atoms with Crippen LogP contribution in [0.15, 0.2) is 53.1 Å². The van der Waals surface area contributed by atoms with E-state index in [1.165, 1.54) is 12.2 Å². The summed E-state index contributed by atoms with van der Waals surface area (Å²) in [5, 5.41) is 5.24. The van der Waals surface area contributed by atoms with Crippen LogP contribution in [0.3, 0.4) is 0 Å². The number of hydrogen-bond donors (Lipinski definition) is 0. The molecule has 0 spiro atoms. The number of hydrogen-bond acceptors (Lipinski definition) is 5. The highest BCUT2D eigenvalue weighted by Gasteiger charge is 2.53. The fourth-order valence-electron chi connectivity index (χ4n) is 3.36. The van der Waals surface area contributed by atoms with Gasteiger partial charge >= 0.3 is 12.1 Å². The fourth-order valence-corrected chi connectivity index (χ4v) is 3.48. The van der Waals surface area contributed by atoms with E-state index in [9.17, 15) is 18.0 Å². The van der Waals surface area contributed by atoms with Gasteiger partial charge in [-0.1, -0.05) is 53.2 Å². The summed E-state index contributed by atoms with van der Waals surface area (Å²) in [6, 6.07) is 13.6. The number of rotatable bonds is 6. The lowest BCUT2D eigenvalue weighted by Gasteiger charge is -2.25. The minimum absolute atomic E-state index is 0.158. The van der Waals surface area contributed by atoms with Gasteiger partial charge in [-0.25, -0.2) is 5.06 Å². The van der Waals surface area contributed by atoms with Gasteiger partial charge in [-0.3, -0.25) is 9.63 Å². The van der Waals surface area contributed by atoms with Crippen LogP contribution in [-0.2, 0) is 27.8 Å². The van der Waals surface area contributed by atoms with Gasteiger partial charge in [0, 0.05) is 10.6 Å². The molecule has 1 saturated carbocycles. The number of alkyl halides is 3. The molecule has 10 heteroatoms. The molecular weight excluding hydrogens is 435 g/mol. The number of halogens is 4. The van der Waals surface area contributed by atoms with E-state index >= 15 is 0 Å². The molecule has 1 aliphatic rings. The number of benzene rings is 2. The van der Waals surface area contributed by atoms with Crippen LogP contribution in [0.25, 0.3) is 11.4 Å². The highest BCUT2D eigenvalue weighted by Crippen LogP contribution is 2.50. The van der Waals surface area contributed by atoms with Crippen LogP contribution >= 0.6 is 11.6 Å². The van der Waals surface area contributed by atoms with Gasteiger partial charge in [0.2, 0.25) is 5.82 Å². The Bertz CT molecular complexity index is 1080. The molecule has 0 aliphatic heterocycles. The number of aromatic nitrogens is 2. The Labute approximate surface area is 180 Å². The van der Waals surface area contributed by atoms with Crippen molar-refractivity contribution in [3.05, 3.63) is 70.6 Å². The zero-order valence-corrected chi connectivity index (χ0v) is 17.1. The summed E-state index contributed by atoms with van der Waals surface area (Å²) < 4.78 is 42.1. The molecule has 1 fully saturated rings. The summed E-state index contributed by atoms with van der Waals surface area (Å²) >= 11 is 5.95. The van der Waals surface area contributed by atoms with Gasteiger partial charge in [-0.15, -0.1) is 0 Å². The van der Waals surface area contributed by atoms with Crippen molar-refractivity contribution in [1.82, 2.24) is 15.2 Å². The van der Waals surface area contributed by atoms with Crippen LogP contribution in [0.5, 0.6) is 0 Å². The molecule has 31 heavy (non-hydrogen) atoms. The van der Waals surface area contributed by atoms with Crippen LogP contribution in [0, 0.1) is 0 Å². The Morgan fingerprint density at radius 1 is 1.16 bits per heavy atom. The van der Waals surface area contributed by atoms with Crippen molar-refractivity contribution < 1.29 is 27.3 Å². The maximum atomic E-state index is 13.2. The zero-order valence-electron chi connectivity index (χ0n) is 16.3. The van der Waals surface area contributed by atoms with Crippen molar-refractivity contribution in [2.24, 2.45) is 0 Å². The summed E-state index contributed by atoms with van der Waals surface area (Å²) in [7, 11) is 1.42. The van der Waals surface area contributed by atoms with E-state index in [4.69, 9.17) is 16.4 Å². The van der Waals surface area contributed by atoms with Gasteiger partial charge in [0.05, 0.1) is 19.1 Å². The molecule has 1 amide bonds. The second-order valence-corrected chi connectivity index (χ2v) is 7.67. The third-order valence-corrected chi connectivity index (χ3v) is 5.46. The predicted molar refractivity (Wildman–Crippen MR) is 105 cm³/mol. The van der Waals surface area contributed by atoms with E-state index in [1.54, 1.807) is 36.4 Å². The molecule has 2 aromatic carbocycles. The Morgan fingerprint density at radius 2 is 1.81 bits per heavy atom. The lowest BCUT2D eigenvalue weighted by Crippen LogP contribution is -2.38. The molecule has 3 aromatic rings. The van der Waals surface area contributed by atoms with E-state index in [1.807, 2.05) is 12.1 Å². The minimum Gasteiger partial charge on any atom is -0.329 e. The topological polar surface area (TPSA) is 68.5 Å². The molecule has 1 heterocycles. The molecule has 0 atom stereocenters. The van der Waals surface area contributed by atoms with E-state index in [2.05, 4.69) is 14.7 Å². The Kier molecular flexibility index (Phi) is 5.49. The van der Waals surface area contributed by atoms with E-state index in [-0.39, 0.29) is 18.3 Å². The first-order chi connectivity index (χ1) is 14.7. The van der Waals surface area contributed by atoms with Gasteiger partial charge in [-0.05, 0) is 36.1 Å². The van der Waals surface area contributed by atoms with Gasteiger partial charge < -0.3 is 4.52 Å². The largest absolute Gasteiger partial charge is 0.471 e. The first kappa shape index (κ1) is 21.3. The lowest BCUT2D eigenvalue weighted by atomic mass is 9.94. The van der Waals surface area contributed by atoms with Gasteiger partial charge in [-0.2, -0.15) is 18.2 Å². The van der Waals surface area contributed by atoms with Crippen LogP contribution in [0.2, 0.25) is 5.02 Å². The quantitative estimate of drug-likeness (QED) is 0.492. The average Bonchev–Trinajstić information content (AvgIpc) is 3.39. The van der Waals surface area contributed by atoms with Crippen molar-refractivity contribution in [2.45, 2.75) is 31.0 Å². The molecule has 4 rings (SSSR count). The molecule has 0 unspecified atom stereocenters. The van der Waals surface area contributed by atoms with Gasteiger partial charge in [0.1, 0.15) is 0 Å². The SMILES string of the molecule is CON(Cc1ccc(-c2noc(C(F)(F)F)n2)cc1)C(=O)C1(c2ccc(Cl)cc2)CC1. The third kappa shape index (κ3) is 4.28. The summed E-state index contributed by atoms with van der Waals surface area (Å²) in [5.74, 6) is -1.73. The van der Waals surface area contributed by atoms with Crippen LogP contribution in [0.4, 0.5) is 13.2 Å². The molecule has 1 aliphatic carbocycles. The van der Waals surface area contributed by atoms with Crippen LogP contribution in [-0.4, -0.2) is 28.2 Å². The van der Waals surface area contributed by atoms with Crippen molar-refractivity contribution in [1.29, 1.82) is 0 Å². The normalized spacial score (nSPS) is 15.0. The standard InChI is InChI=1S/C21H17ClF3N3O3/c1-30-28(19(29)20(10-11-20)15-6-8-16(22)9-7-15)12-13-2-4-14(5-3-13)17-26-18(31-27-17)21(23,24)25/h2-9H,10-12H2,1H3. The second-order valence-electron chi connectivity index (χ2n) is 7.23. The number of carbonyl (C=O) groups is 1. The number of amides is 1. The highest BCUT2D eigenvalue weighted by atomic mass is 35.5. The first-order valence-corrected chi connectivity index (χ1v) is 9.73. The number of carbonyl (C=O) groups excluding carboxylic acids is 1. The molecule has 1 aromatic heterocycles. The Hall–Kier alpha value is -2.91. The molecule has 0 saturated heterocycles. The van der Waals surface area contributed by atoms with Crippen molar-refractivity contribution in [3.8, 4) is 11.4 Å². The molecule has 0 radical (unpaired) electrons. The summed E-state index contributed by atoms with van der Waals surface area (Å²) in [4.78, 5) is 21.9. The van der Waals surface area contributed by atoms with E-state index in [0.717, 1.165) is 11.1 Å². The summed E-state index contributed by atoms with van der Waals surface area (Å²) in [5.41, 5.74) is 1.35. The summed E-state index contributed by atoms with van der Waals surface area (Å²) in [6.45, 7) is 0.172. The Morgan fingerprint density at radius 3 is 2.32 bits per heavy atom. The first-order valence-electron chi connectivity index (χ1n) is 9.35. The van der Waals surface area contributed by atoms with Gasteiger partial charge in [0.25, 0.3) is 5.91 Å². The monoisotopic (exact) mass is 451 g/mol. The fraction of sp³-hybridized carbons (Fsp3) is 0.286. The highest BCUT2D eigenvalue weighted by molar-refractivity contribution is 6.30. The van der Waals surface area contributed by atoms with Crippen molar-refractivity contribution in [3.63, 3.8) is 0 Å². The molecule has 0 N–H and O–H groups in total. The van der Waals surface area contributed by atoms with Crippen LogP contribution < -0.4 is 0 Å². The molecule has 6 nitrogen and oxygen atoms in total. The third-order valence-electron chi connectivity index (χ3n) is 5.21. The second kappa shape index (κ2) is 7.97. The molecule has 162 valence electrons. The zero-order chi connectivity index (χ0) is 22.2. The smallest absolute Gasteiger partial charge is 0.329 e. The number of hydroxylamine groups is 2. The lowest BCUT2D eigenvalue weighted by molar-refractivity contribution is -0.182. The van der Waals surface area contributed by atoms with Crippen molar-refractivity contribution >= 4 is 17.5 Å². The summed E-state index contributed by atoms with van der Waals surface area (Å²) in [6.07, 6.45) is -3.27. The van der Waals surface area contributed by atoms with Crippen molar-refractivity contribution in [2.75, 3.05) is 7.11 Å². The van der Waals surface area contributed by atoms with E-state index < -0.39 is 17.5 Å². The molecule has 0 bridgehead atoms.